The molecule has 1 amide bonds. The lowest BCUT2D eigenvalue weighted by Gasteiger charge is -2.47. The molecule has 50 heavy (non-hydrogen) atoms. The zero-order chi connectivity index (χ0) is 37.7. The third-order valence-corrected chi connectivity index (χ3v) is 11.1. The highest BCUT2D eigenvalue weighted by Crippen LogP contribution is 2.43. The summed E-state index contributed by atoms with van der Waals surface area (Å²) in [4.78, 5) is 62.0. The summed E-state index contributed by atoms with van der Waals surface area (Å²) in [5, 5.41) is 14.9. The number of unbranched alkanes of at least 4 members (excludes halogenated alkanes) is 1. The normalized spacial score (nSPS) is 40.5. The Morgan fingerprint density at radius 3 is 2.30 bits per heavy atom. The predicted octanol–water partition coefficient (Wildman–Crippen LogP) is 4.28. The van der Waals surface area contributed by atoms with E-state index in [-0.39, 0.29) is 43.9 Å². The number of nitrogens with zero attached hydrogens (tertiary/aromatic N) is 5. The van der Waals surface area contributed by atoms with Gasteiger partial charge in [-0.3, -0.25) is 14.4 Å². The maximum atomic E-state index is 14.4. The number of ketones is 2. The van der Waals surface area contributed by atoms with E-state index in [1.165, 1.54) is 18.9 Å². The molecule has 0 aromatic rings. The predicted molar refractivity (Wildman–Crippen MR) is 183 cm³/mol. The number of esters is 1. The number of likely N-dealkylation sites (N-methyl/N-ethyl adjacent to an activating group) is 1. The average molecular weight is 710 g/mol. The average Bonchev–Trinajstić information content (AvgIpc) is 3.33. The van der Waals surface area contributed by atoms with Crippen molar-refractivity contribution >= 4 is 23.6 Å². The smallest absolute Gasteiger partial charge is 0.410 e. The van der Waals surface area contributed by atoms with Gasteiger partial charge in [0.2, 0.25) is 0 Å². The van der Waals surface area contributed by atoms with Crippen molar-refractivity contribution in [2.75, 3.05) is 34.3 Å². The molecule has 15 heteroatoms. The molecule has 3 heterocycles. The molecule has 6 unspecified atom stereocenters. The van der Waals surface area contributed by atoms with Crippen molar-refractivity contribution in [2.24, 2.45) is 28.8 Å². The molecule has 3 aliphatic rings. The molecule has 0 bridgehead atoms. The van der Waals surface area contributed by atoms with Crippen LogP contribution in [0, 0.1) is 23.7 Å². The first-order valence-corrected chi connectivity index (χ1v) is 17.9. The minimum atomic E-state index is -1.41. The minimum Gasteiger partial charge on any atom is -0.458 e. The van der Waals surface area contributed by atoms with E-state index in [1.54, 1.807) is 41.5 Å². The van der Waals surface area contributed by atoms with Gasteiger partial charge in [0.15, 0.2) is 17.7 Å². The van der Waals surface area contributed by atoms with Gasteiger partial charge in [-0.25, -0.2) is 4.79 Å². The minimum absolute atomic E-state index is 0.116. The van der Waals surface area contributed by atoms with Crippen LogP contribution in [0.25, 0.3) is 10.4 Å². The van der Waals surface area contributed by atoms with Crippen LogP contribution in [0.3, 0.4) is 0 Å². The summed E-state index contributed by atoms with van der Waals surface area (Å²) in [5.74, 6) is -5.05. The van der Waals surface area contributed by atoms with E-state index in [9.17, 15) is 24.3 Å². The van der Waals surface area contributed by atoms with Crippen LogP contribution in [-0.4, -0.2) is 127 Å². The molecule has 0 aromatic heterocycles. The van der Waals surface area contributed by atoms with Crippen LogP contribution in [0.15, 0.2) is 5.11 Å². The number of aliphatic hydroxyl groups excluding tert-OH is 1. The second kappa shape index (κ2) is 17.1. The molecule has 0 aromatic carbocycles. The molecule has 0 saturated carbocycles. The summed E-state index contributed by atoms with van der Waals surface area (Å²) < 4.78 is 30.8. The number of aliphatic hydroxyl groups is 1. The Labute approximate surface area is 296 Å². The number of methoxy groups -OCH3 is 1. The van der Waals surface area contributed by atoms with E-state index in [1.807, 2.05) is 25.9 Å². The van der Waals surface area contributed by atoms with Crippen molar-refractivity contribution in [2.45, 2.75) is 141 Å². The number of ether oxygens (including phenoxy) is 5. The highest BCUT2D eigenvalue weighted by molar-refractivity contribution is 6.00. The van der Waals surface area contributed by atoms with Crippen LogP contribution in [-0.2, 0) is 38.1 Å². The van der Waals surface area contributed by atoms with Crippen molar-refractivity contribution in [3.05, 3.63) is 10.4 Å². The number of hydrogen-bond donors (Lipinski definition) is 1. The first kappa shape index (κ1) is 41.6. The van der Waals surface area contributed by atoms with Gasteiger partial charge in [-0.15, -0.1) is 0 Å². The highest BCUT2D eigenvalue weighted by Gasteiger charge is 2.60. The van der Waals surface area contributed by atoms with E-state index in [2.05, 4.69) is 10.0 Å². The standard InChI is InChI=1S/C35H59N5O10/c1-12-25-35(8)29(40(33(45)50-35)16-14-13-15-37-38-36)21(4)26(41)19(2)18-34(7,46-11)30(22(5)27(42)23(6)31(44)48-25)49-32-28(43)24(39(9)10)17-20(3)47-32/h19-25,28-30,32,43H,12-18H2,1-11H3/t19-,20?,21+,22?,23?,24?,25-,28?,29-,30-,32?,34+,35-/m1/s1. The fourth-order valence-corrected chi connectivity index (χ4v) is 8.22. The van der Waals surface area contributed by atoms with Gasteiger partial charge in [0.25, 0.3) is 0 Å². The Bertz CT molecular complexity index is 1280. The monoisotopic (exact) mass is 709 g/mol. The maximum Gasteiger partial charge on any atom is 0.410 e. The molecule has 0 aliphatic carbocycles. The highest BCUT2D eigenvalue weighted by atomic mass is 16.7. The number of azide groups is 1. The molecule has 0 spiro atoms. The number of carbonyl (C=O) groups excluding carboxylic acids is 4. The van der Waals surface area contributed by atoms with Gasteiger partial charge in [0, 0.05) is 48.9 Å². The summed E-state index contributed by atoms with van der Waals surface area (Å²) in [6.45, 7) is 14.2. The van der Waals surface area contributed by atoms with Crippen molar-refractivity contribution in [1.82, 2.24) is 9.80 Å². The maximum absolute atomic E-state index is 14.4. The van der Waals surface area contributed by atoms with Crippen LogP contribution >= 0.6 is 0 Å². The third-order valence-electron chi connectivity index (χ3n) is 11.1. The molecule has 3 rings (SSSR count). The Morgan fingerprint density at radius 1 is 1.06 bits per heavy atom. The number of carbonyl (C=O) groups is 4. The second-order valence-corrected chi connectivity index (χ2v) is 15.0. The fourth-order valence-electron chi connectivity index (χ4n) is 8.22. The summed E-state index contributed by atoms with van der Waals surface area (Å²) in [6, 6.07) is -1.10. The summed E-state index contributed by atoms with van der Waals surface area (Å²) in [6.07, 6.45) is -3.16. The van der Waals surface area contributed by atoms with Gasteiger partial charge in [-0.1, -0.05) is 32.8 Å². The first-order chi connectivity index (χ1) is 23.4. The van der Waals surface area contributed by atoms with Crippen molar-refractivity contribution in [1.29, 1.82) is 0 Å². The van der Waals surface area contributed by atoms with Crippen LogP contribution in [0.4, 0.5) is 4.79 Å². The van der Waals surface area contributed by atoms with E-state index in [0.29, 0.717) is 19.3 Å². The number of hydrogen-bond acceptors (Lipinski definition) is 12. The van der Waals surface area contributed by atoms with Crippen molar-refractivity contribution in [3.63, 3.8) is 0 Å². The van der Waals surface area contributed by atoms with E-state index < -0.39 is 83.4 Å². The molecule has 3 aliphatic heterocycles. The molecule has 0 radical (unpaired) electrons. The van der Waals surface area contributed by atoms with Gasteiger partial charge < -0.3 is 38.6 Å². The Hall–Kier alpha value is -2.81. The molecular formula is C35H59N5O10. The van der Waals surface area contributed by atoms with Crippen molar-refractivity contribution < 1.29 is 48.0 Å². The number of rotatable bonds is 10. The van der Waals surface area contributed by atoms with Gasteiger partial charge in [-0.2, -0.15) is 0 Å². The Morgan fingerprint density at radius 2 is 1.72 bits per heavy atom. The molecule has 15 nitrogen and oxygen atoms in total. The number of amides is 1. The first-order valence-electron chi connectivity index (χ1n) is 17.9. The molecule has 1 N–H and O–H groups in total. The SMILES string of the molecule is CC[C@H]1OC(=O)C(C)C(=O)C(C)[C@@H](OC2OC(C)CC(N(C)C)C2O)[C@@](C)(OC)C[C@@H](C)C(=O)[C@H](C)[C@H]2N(CCCCN=[N+]=[N-])C(=O)O[C@]12C. The van der Waals surface area contributed by atoms with Crippen LogP contribution in [0.5, 0.6) is 0 Å². The lowest BCUT2D eigenvalue weighted by atomic mass is 9.73. The molecule has 13 atom stereocenters. The van der Waals surface area contributed by atoms with E-state index in [4.69, 9.17) is 29.2 Å². The van der Waals surface area contributed by atoms with Crippen LogP contribution < -0.4 is 0 Å². The number of Topliss-reactive ketones (excluding diaryl/α,β-unsaturated/α-hetero) is 2. The summed E-state index contributed by atoms with van der Waals surface area (Å²) >= 11 is 0. The topological polar surface area (TPSA) is 190 Å². The largest absolute Gasteiger partial charge is 0.458 e. The van der Waals surface area contributed by atoms with Gasteiger partial charge >= 0.3 is 12.1 Å². The Balaban J connectivity index is 2.10. The molecule has 284 valence electrons. The lowest BCUT2D eigenvalue weighted by molar-refractivity contribution is -0.295. The molecule has 3 saturated heterocycles. The zero-order valence-corrected chi connectivity index (χ0v) is 31.7. The molecular weight excluding hydrogens is 650 g/mol. The second-order valence-electron chi connectivity index (χ2n) is 15.0. The fraction of sp³-hybridized carbons (Fsp3) is 0.886. The van der Waals surface area contributed by atoms with Gasteiger partial charge in [-0.05, 0) is 79.4 Å². The summed E-state index contributed by atoms with van der Waals surface area (Å²) in [5.41, 5.74) is 5.97. The Kier molecular flexibility index (Phi) is 14.3. The number of cyclic esters (lactones) is 1. The zero-order valence-electron chi connectivity index (χ0n) is 31.7. The van der Waals surface area contributed by atoms with E-state index >= 15 is 0 Å². The molecule has 3 fully saturated rings. The number of fused-ring (bicyclic) bond motifs is 1. The quantitative estimate of drug-likeness (QED) is 0.0851. The third kappa shape index (κ3) is 8.62. The van der Waals surface area contributed by atoms with Gasteiger partial charge in [0.1, 0.15) is 23.9 Å². The summed E-state index contributed by atoms with van der Waals surface area (Å²) in [7, 11) is 5.20. The lowest BCUT2D eigenvalue weighted by Crippen LogP contribution is -2.60. The van der Waals surface area contributed by atoms with Crippen LogP contribution in [0.1, 0.15) is 87.5 Å². The van der Waals surface area contributed by atoms with Crippen LogP contribution in [0.2, 0.25) is 0 Å². The van der Waals surface area contributed by atoms with Crippen molar-refractivity contribution in [3.8, 4) is 0 Å². The van der Waals surface area contributed by atoms with E-state index in [0.717, 1.165) is 0 Å². The van der Waals surface area contributed by atoms with Gasteiger partial charge in [0.05, 0.1) is 23.9 Å².